The van der Waals surface area contributed by atoms with Crippen molar-refractivity contribution in [3.63, 3.8) is 0 Å². The summed E-state index contributed by atoms with van der Waals surface area (Å²) in [5, 5.41) is 9.91. The molecule has 1 saturated heterocycles. The van der Waals surface area contributed by atoms with E-state index in [1.54, 1.807) is 0 Å². The number of hydrogen-bond donors (Lipinski definition) is 1. The van der Waals surface area contributed by atoms with Crippen LogP contribution in [0.3, 0.4) is 0 Å². The Kier molecular flexibility index (Phi) is 5.27. The molecule has 2 rings (SSSR count). The van der Waals surface area contributed by atoms with Crippen LogP contribution in [0.4, 0.5) is 0 Å². The van der Waals surface area contributed by atoms with Crippen LogP contribution in [0.1, 0.15) is 46.0 Å². The maximum Gasteiger partial charge on any atom is 0.0724 e. The molecule has 1 saturated carbocycles. The molecule has 2 aliphatic rings. The topological polar surface area (TPSA) is 32.7 Å². The highest BCUT2D eigenvalue weighted by atomic mass is 16.5. The molecule has 112 valence electrons. The summed E-state index contributed by atoms with van der Waals surface area (Å²) in [6.45, 7) is 8.22. The normalized spacial score (nSPS) is 41.4. The molecule has 3 nitrogen and oxygen atoms in total. The molecule has 1 aliphatic heterocycles. The van der Waals surface area contributed by atoms with Gasteiger partial charge in [0.1, 0.15) is 0 Å². The van der Waals surface area contributed by atoms with Gasteiger partial charge in [-0.05, 0) is 37.6 Å². The third-order valence-corrected chi connectivity index (χ3v) is 5.36. The van der Waals surface area contributed by atoms with E-state index in [2.05, 4.69) is 18.7 Å². The maximum absolute atomic E-state index is 9.91. The van der Waals surface area contributed by atoms with Crippen LogP contribution in [0, 0.1) is 17.3 Å². The Labute approximate surface area is 118 Å². The Morgan fingerprint density at radius 2 is 2.11 bits per heavy atom. The first-order valence-corrected chi connectivity index (χ1v) is 7.94. The Morgan fingerprint density at radius 3 is 2.74 bits per heavy atom. The van der Waals surface area contributed by atoms with Crippen LogP contribution >= 0.6 is 0 Å². The fraction of sp³-hybridized carbons (Fsp3) is 1.00. The summed E-state index contributed by atoms with van der Waals surface area (Å²) in [5.74, 6) is 1.43. The molecule has 0 aromatic heterocycles. The van der Waals surface area contributed by atoms with Gasteiger partial charge in [0.15, 0.2) is 0 Å². The van der Waals surface area contributed by atoms with Crippen molar-refractivity contribution in [2.45, 2.75) is 52.1 Å². The van der Waals surface area contributed by atoms with E-state index < -0.39 is 0 Å². The number of piperidine rings is 1. The molecular formula is C16H31NO2. The van der Waals surface area contributed by atoms with Crippen molar-refractivity contribution in [3.05, 3.63) is 0 Å². The molecule has 1 N–H and O–H groups in total. The summed E-state index contributed by atoms with van der Waals surface area (Å²) in [5.41, 5.74) is 0.149. The number of aliphatic hydroxyl groups is 1. The molecule has 0 amide bonds. The van der Waals surface area contributed by atoms with Gasteiger partial charge < -0.3 is 14.7 Å². The largest absolute Gasteiger partial charge is 0.396 e. The van der Waals surface area contributed by atoms with E-state index in [0.29, 0.717) is 18.6 Å². The van der Waals surface area contributed by atoms with Crippen molar-refractivity contribution in [1.82, 2.24) is 4.90 Å². The number of nitrogens with zero attached hydrogens (tertiary/aromatic N) is 1. The first-order valence-electron chi connectivity index (χ1n) is 7.94. The molecule has 0 bridgehead atoms. The second-order valence-corrected chi connectivity index (χ2v) is 7.13. The number of methoxy groups -OCH3 is 1. The van der Waals surface area contributed by atoms with Crippen LogP contribution < -0.4 is 0 Å². The van der Waals surface area contributed by atoms with Gasteiger partial charge in [0.25, 0.3) is 0 Å². The lowest BCUT2D eigenvalue weighted by molar-refractivity contribution is -0.0377. The minimum Gasteiger partial charge on any atom is -0.396 e. The zero-order chi connectivity index (χ0) is 13.9. The maximum atomic E-state index is 9.91. The van der Waals surface area contributed by atoms with Gasteiger partial charge in [-0.25, -0.2) is 0 Å². The first kappa shape index (κ1) is 15.3. The van der Waals surface area contributed by atoms with E-state index >= 15 is 0 Å². The minimum atomic E-state index is 0.149. The minimum absolute atomic E-state index is 0.149. The molecular weight excluding hydrogens is 238 g/mol. The lowest BCUT2D eigenvalue weighted by Crippen LogP contribution is -2.50. The van der Waals surface area contributed by atoms with Gasteiger partial charge in [0.2, 0.25) is 0 Å². The highest BCUT2D eigenvalue weighted by Gasteiger charge is 2.37. The molecule has 0 spiro atoms. The summed E-state index contributed by atoms with van der Waals surface area (Å²) in [4.78, 5) is 2.53. The van der Waals surface area contributed by atoms with Crippen molar-refractivity contribution in [2.75, 3.05) is 33.4 Å². The van der Waals surface area contributed by atoms with Crippen molar-refractivity contribution in [1.29, 1.82) is 0 Å². The third kappa shape index (κ3) is 3.71. The number of likely N-dealkylation sites (tertiary alicyclic amines) is 1. The molecule has 1 heterocycles. The Morgan fingerprint density at radius 1 is 1.32 bits per heavy atom. The van der Waals surface area contributed by atoms with Gasteiger partial charge in [-0.2, -0.15) is 0 Å². The van der Waals surface area contributed by atoms with E-state index in [9.17, 15) is 5.11 Å². The van der Waals surface area contributed by atoms with Crippen LogP contribution in [0.15, 0.2) is 0 Å². The van der Waals surface area contributed by atoms with Crippen LogP contribution in [-0.4, -0.2) is 49.5 Å². The number of aliphatic hydroxyl groups excluding tert-OH is 1. The van der Waals surface area contributed by atoms with Crippen LogP contribution in [0.25, 0.3) is 0 Å². The molecule has 19 heavy (non-hydrogen) atoms. The lowest BCUT2D eigenvalue weighted by Gasteiger charge is -2.45. The van der Waals surface area contributed by atoms with E-state index in [0.717, 1.165) is 25.6 Å². The van der Waals surface area contributed by atoms with Crippen LogP contribution in [0.2, 0.25) is 0 Å². The van der Waals surface area contributed by atoms with Gasteiger partial charge in [0.05, 0.1) is 6.10 Å². The Balaban J connectivity index is 1.94. The number of ether oxygens (including phenoxy) is 1. The van der Waals surface area contributed by atoms with Gasteiger partial charge in [-0.3, -0.25) is 0 Å². The first-order chi connectivity index (χ1) is 9.08. The SMILES string of the molecule is COC1CN(CC2(CO)CCCC(C)C2)CCC1C. The smallest absolute Gasteiger partial charge is 0.0724 e. The van der Waals surface area contributed by atoms with E-state index in [-0.39, 0.29) is 5.41 Å². The zero-order valence-electron chi connectivity index (χ0n) is 12.9. The molecule has 0 radical (unpaired) electrons. The van der Waals surface area contributed by atoms with Crippen molar-refractivity contribution < 1.29 is 9.84 Å². The second kappa shape index (κ2) is 6.55. The summed E-state index contributed by atoms with van der Waals surface area (Å²) >= 11 is 0. The highest BCUT2D eigenvalue weighted by Crippen LogP contribution is 2.40. The zero-order valence-corrected chi connectivity index (χ0v) is 12.9. The van der Waals surface area contributed by atoms with Crippen molar-refractivity contribution in [2.24, 2.45) is 17.3 Å². The van der Waals surface area contributed by atoms with Crippen LogP contribution in [0.5, 0.6) is 0 Å². The summed E-state index contributed by atoms with van der Waals surface area (Å²) in [6.07, 6.45) is 6.57. The van der Waals surface area contributed by atoms with E-state index in [1.165, 1.54) is 32.1 Å². The van der Waals surface area contributed by atoms with E-state index in [1.807, 2.05) is 7.11 Å². The highest BCUT2D eigenvalue weighted by molar-refractivity contribution is 4.90. The number of hydrogen-bond acceptors (Lipinski definition) is 3. The monoisotopic (exact) mass is 269 g/mol. The average molecular weight is 269 g/mol. The Hall–Kier alpha value is -0.120. The molecule has 4 atom stereocenters. The van der Waals surface area contributed by atoms with E-state index in [4.69, 9.17) is 4.74 Å². The van der Waals surface area contributed by atoms with Gasteiger partial charge in [-0.15, -0.1) is 0 Å². The quantitative estimate of drug-likeness (QED) is 0.851. The second-order valence-electron chi connectivity index (χ2n) is 7.13. The molecule has 0 aromatic rings. The fourth-order valence-electron chi connectivity index (χ4n) is 4.13. The van der Waals surface area contributed by atoms with Gasteiger partial charge >= 0.3 is 0 Å². The molecule has 1 aliphatic carbocycles. The van der Waals surface area contributed by atoms with Gasteiger partial charge in [0, 0.05) is 32.2 Å². The molecule has 0 aromatic carbocycles. The average Bonchev–Trinajstić information content (AvgIpc) is 2.41. The summed E-state index contributed by atoms with van der Waals surface area (Å²) < 4.78 is 5.61. The fourth-order valence-corrected chi connectivity index (χ4v) is 4.13. The predicted octanol–water partition coefficient (Wildman–Crippen LogP) is 2.53. The van der Waals surface area contributed by atoms with Crippen LogP contribution in [-0.2, 0) is 4.74 Å². The van der Waals surface area contributed by atoms with Crippen molar-refractivity contribution in [3.8, 4) is 0 Å². The molecule has 2 fully saturated rings. The molecule has 4 unspecified atom stereocenters. The molecule has 3 heteroatoms. The third-order valence-electron chi connectivity index (χ3n) is 5.36. The summed E-state index contributed by atoms with van der Waals surface area (Å²) in [6, 6.07) is 0. The van der Waals surface area contributed by atoms with Gasteiger partial charge in [-0.1, -0.05) is 26.7 Å². The standard InChI is InChI=1S/C16H31NO2/c1-13-5-4-7-16(9-13,12-18)11-17-8-6-14(2)15(10-17)19-3/h13-15,18H,4-12H2,1-3H3. The van der Waals surface area contributed by atoms with Crippen molar-refractivity contribution >= 4 is 0 Å². The lowest BCUT2D eigenvalue weighted by atomic mass is 9.70. The Bertz CT molecular complexity index is 284. The summed E-state index contributed by atoms with van der Waals surface area (Å²) in [7, 11) is 1.83. The predicted molar refractivity (Wildman–Crippen MR) is 78.2 cm³/mol. The number of rotatable bonds is 4.